The lowest BCUT2D eigenvalue weighted by atomic mass is 10.1. The van der Waals surface area contributed by atoms with Gasteiger partial charge in [-0.05, 0) is 28.8 Å². The zero-order chi connectivity index (χ0) is 13.2. The zero-order valence-corrected chi connectivity index (χ0v) is 12.4. The van der Waals surface area contributed by atoms with Crippen LogP contribution in [0.15, 0.2) is 17.0 Å². The fraction of sp³-hybridized carbons (Fsp3) is 0.600. The van der Waals surface area contributed by atoms with Gasteiger partial charge < -0.3 is 5.32 Å². The molecule has 0 radical (unpaired) electrons. The van der Waals surface area contributed by atoms with Crippen LogP contribution in [0.4, 0.5) is 5.82 Å². The van der Waals surface area contributed by atoms with Crippen LogP contribution in [0.3, 0.4) is 0 Å². The number of rotatable bonds is 3. The molecule has 1 aromatic rings. The van der Waals surface area contributed by atoms with Gasteiger partial charge in [-0.3, -0.25) is 0 Å². The molecule has 100 valence electrons. The number of halogens is 1. The highest BCUT2D eigenvalue weighted by Crippen LogP contribution is 2.22. The van der Waals surface area contributed by atoms with Crippen LogP contribution in [0.1, 0.15) is 12.8 Å². The predicted molar refractivity (Wildman–Crippen MR) is 72.8 cm³/mol. The maximum atomic E-state index is 11.4. The third-order valence-electron chi connectivity index (χ3n) is 2.93. The van der Waals surface area contributed by atoms with Crippen molar-refractivity contribution in [1.29, 1.82) is 0 Å². The van der Waals surface area contributed by atoms with Crippen LogP contribution < -0.4 is 5.32 Å². The molecule has 0 spiro atoms. The number of anilines is 1. The lowest BCUT2D eigenvalue weighted by molar-refractivity contribution is 0.331. The summed E-state index contributed by atoms with van der Waals surface area (Å²) in [6.07, 6.45) is 5.98. The van der Waals surface area contributed by atoms with Gasteiger partial charge in [-0.25, -0.2) is 22.7 Å². The molecule has 2 heterocycles. The number of aromatic nitrogens is 2. The predicted octanol–water partition coefficient (Wildman–Crippen LogP) is 1.07. The second-order valence-corrected chi connectivity index (χ2v) is 7.14. The van der Waals surface area contributed by atoms with Gasteiger partial charge in [0.15, 0.2) is 0 Å². The van der Waals surface area contributed by atoms with Crippen molar-refractivity contribution >= 4 is 31.8 Å². The van der Waals surface area contributed by atoms with Gasteiger partial charge in [0.1, 0.15) is 12.1 Å². The summed E-state index contributed by atoms with van der Waals surface area (Å²) in [5.41, 5.74) is 0. The zero-order valence-electron chi connectivity index (χ0n) is 10.0. The first kappa shape index (κ1) is 13.7. The van der Waals surface area contributed by atoms with Crippen LogP contribution in [0, 0.1) is 0 Å². The van der Waals surface area contributed by atoms with E-state index in [9.17, 15) is 8.42 Å². The first-order valence-corrected chi connectivity index (χ1v) is 8.28. The number of hydrogen-bond acceptors (Lipinski definition) is 5. The molecule has 0 amide bonds. The van der Waals surface area contributed by atoms with Gasteiger partial charge in [-0.15, -0.1) is 0 Å². The van der Waals surface area contributed by atoms with E-state index in [1.165, 1.54) is 16.9 Å². The van der Waals surface area contributed by atoms with Crippen molar-refractivity contribution < 1.29 is 8.42 Å². The molecule has 1 aliphatic heterocycles. The minimum Gasteiger partial charge on any atom is -0.366 e. The van der Waals surface area contributed by atoms with Gasteiger partial charge in [0.2, 0.25) is 10.0 Å². The maximum absolute atomic E-state index is 11.4. The summed E-state index contributed by atoms with van der Waals surface area (Å²) in [6.45, 7) is 1.11. The van der Waals surface area contributed by atoms with E-state index in [0.717, 1.165) is 23.1 Å². The Morgan fingerprint density at radius 1 is 1.44 bits per heavy atom. The Hall–Kier alpha value is -0.730. The van der Waals surface area contributed by atoms with E-state index >= 15 is 0 Å². The summed E-state index contributed by atoms with van der Waals surface area (Å²) in [7, 11) is -3.06. The first-order chi connectivity index (χ1) is 8.47. The molecule has 1 aliphatic rings. The Balaban J connectivity index is 1.94. The highest BCUT2D eigenvalue weighted by molar-refractivity contribution is 9.10. The first-order valence-electron chi connectivity index (χ1n) is 5.64. The largest absolute Gasteiger partial charge is 0.366 e. The van der Waals surface area contributed by atoms with Crippen molar-refractivity contribution in [3.05, 3.63) is 17.0 Å². The lowest BCUT2D eigenvalue weighted by Gasteiger charge is -2.31. The third kappa shape index (κ3) is 3.39. The highest BCUT2D eigenvalue weighted by atomic mass is 79.9. The fourth-order valence-corrected chi connectivity index (χ4v) is 3.15. The molecule has 0 aliphatic carbocycles. The molecular formula is C10H15BrN4O2S. The quantitative estimate of drug-likeness (QED) is 0.895. The number of sulfonamides is 1. The van der Waals surface area contributed by atoms with E-state index in [0.29, 0.717) is 13.1 Å². The Morgan fingerprint density at radius 2 is 2.11 bits per heavy atom. The summed E-state index contributed by atoms with van der Waals surface area (Å²) >= 11 is 3.37. The van der Waals surface area contributed by atoms with E-state index in [1.54, 1.807) is 6.20 Å². The van der Waals surface area contributed by atoms with Crippen LogP contribution in [0.5, 0.6) is 0 Å². The van der Waals surface area contributed by atoms with Crippen molar-refractivity contribution in [3.8, 4) is 0 Å². The third-order valence-corrected chi connectivity index (χ3v) is 4.81. The van der Waals surface area contributed by atoms with Gasteiger partial charge in [0.25, 0.3) is 0 Å². The smallest absolute Gasteiger partial charge is 0.211 e. The highest BCUT2D eigenvalue weighted by Gasteiger charge is 2.25. The van der Waals surface area contributed by atoms with Crippen LogP contribution in [-0.4, -0.2) is 48.1 Å². The standard InChI is InChI=1S/C10H15BrN4O2S/c1-18(16,17)15-4-2-8(3-5-15)14-10-9(11)6-12-7-13-10/h6-8H,2-5H2,1H3,(H,12,13,14). The molecule has 1 fully saturated rings. The molecule has 0 bridgehead atoms. The summed E-state index contributed by atoms with van der Waals surface area (Å²) in [5, 5.41) is 3.30. The Kier molecular flexibility index (Phi) is 4.18. The van der Waals surface area contributed by atoms with Crippen LogP contribution in [0.2, 0.25) is 0 Å². The summed E-state index contributed by atoms with van der Waals surface area (Å²) < 4.78 is 25.1. The van der Waals surface area contributed by atoms with Crippen LogP contribution in [0.25, 0.3) is 0 Å². The van der Waals surface area contributed by atoms with E-state index in [-0.39, 0.29) is 6.04 Å². The SMILES string of the molecule is CS(=O)(=O)N1CCC(Nc2ncncc2Br)CC1. The number of hydrogen-bond donors (Lipinski definition) is 1. The lowest BCUT2D eigenvalue weighted by Crippen LogP contribution is -2.41. The molecule has 1 aromatic heterocycles. The molecule has 2 rings (SSSR count). The number of nitrogens with one attached hydrogen (secondary N) is 1. The minimum absolute atomic E-state index is 0.245. The van der Waals surface area contributed by atoms with Gasteiger partial charge in [0.05, 0.1) is 10.7 Å². The second-order valence-electron chi connectivity index (χ2n) is 4.30. The molecule has 0 saturated carbocycles. The number of piperidine rings is 1. The fourth-order valence-electron chi connectivity index (χ4n) is 1.94. The van der Waals surface area contributed by atoms with E-state index in [1.807, 2.05) is 0 Å². The summed E-state index contributed by atoms with van der Waals surface area (Å²) in [6, 6.07) is 0.245. The Bertz CT molecular complexity index is 514. The molecule has 1 saturated heterocycles. The summed E-state index contributed by atoms with van der Waals surface area (Å²) in [4.78, 5) is 8.04. The molecule has 0 atom stereocenters. The van der Waals surface area contributed by atoms with E-state index in [2.05, 4.69) is 31.2 Å². The van der Waals surface area contributed by atoms with E-state index in [4.69, 9.17) is 0 Å². The van der Waals surface area contributed by atoms with Gasteiger partial charge in [-0.2, -0.15) is 0 Å². The number of nitrogens with zero attached hydrogens (tertiary/aromatic N) is 3. The average Bonchev–Trinajstić information content (AvgIpc) is 2.32. The Labute approximate surface area is 115 Å². The molecule has 1 N–H and O–H groups in total. The molecule has 6 nitrogen and oxygen atoms in total. The Morgan fingerprint density at radius 3 is 2.67 bits per heavy atom. The van der Waals surface area contributed by atoms with Crippen LogP contribution in [-0.2, 0) is 10.0 Å². The molecule has 0 unspecified atom stereocenters. The molecule has 8 heteroatoms. The molecule has 0 aromatic carbocycles. The molecule has 18 heavy (non-hydrogen) atoms. The van der Waals surface area contributed by atoms with Gasteiger partial charge in [-0.1, -0.05) is 0 Å². The van der Waals surface area contributed by atoms with Crippen molar-refractivity contribution in [2.75, 3.05) is 24.7 Å². The van der Waals surface area contributed by atoms with Gasteiger partial charge in [0, 0.05) is 25.3 Å². The van der Waals surface area contributed by atoms with Crippen molar-refractivity contribution in [2.45, 2.75) is 18.9 Å². The monoisotopic (exact) mass is 334 g/mol. The normalized spacial score (nSPS) is 18.8. The molecular weight excluding hydrogens is 320 g/mol. The van der Waals surface area contributed by atoms with Crippen molar-refractivity contribution in [1.82, 2.24) is 14.3 Å². The van der Waals surface area contributed by atoms with Crippen molar-refractivity contribution in [3.63, 3.8) is 0 Å². The van der Waals surface area contributed by atoms with Crippen LogP contribution >= 0.6 is 15.9 Å². The van der Waals surface area contributed by atoms with Gasteiger partial charge >= 0.3 is 0 Å². The average molecular weight is 335 g/mol. The second kappa shape index (κ2) is 5.50. The van der Waals surface area contributed by atoms with E-state index < -0.39 is 10.0 Å². The topological polar surface area (TPSA) is 75.2 Å². The summed E-state index contributed by atoms with van der Waals surface area (Å²) in [5.74, 6) is 0.753. The van der Waals surface area contributed by atoms with Crippen molar-refractivity contribution in [2.24, 2.45) is 0 Å². The minimum atomic E-state index is -3.06. The maximum Gasteiger partial charge on any atom is 0.211 e.